The topological polar surface area (TPSA) is 97.0 Å². The van der Waals surface area contributed by atoms with Gasteiger partial charge in [0.15, 0.2) is 0 Å². The lowest BCUT2D eigenvalue weighted by atomic mass is 10.0. The lowest BCUT2D eigenvalue weighted by molar-refractivity contribution is 0.0914. The fourth-order valence-corrected chi connectivity index (χ4v) is 11.6. The van der Waals surface area contributed by atoms with Crippen LogP contribution >= 0.6 is 81.2 Å². The summed E-state index contributed by atoms with van der Waals surface area (Å²) in [6, 6.07) is 44.5. The number of rotatable bonds is 15. The molecule has 0 aliphatic carbocycles. The summed E-state index contributed by atoms with van der Waals surface area (Å²) in [6.45, 7) is 12.2. The van der Waals surface area contributed by atoms with E-state index in [1.807, 2.05) is 78.9 Å². The van der Waals surface area contributed by atoms with E-state index in [1.54, 1.807) is 42.5 Å². The first kappa shape index (κ1) is 59.3. The lowest BCUT2D eigenvalue weighted by Gasteiger charge is -2.28. The lowest BCUT2D eigenvalue weighted by Crippen LogP contribution is -2.39. The van der Waals surface area contributed by atoms with Gasteiger partial charge < -0.3 is 16.0 Å². The molecule has 3 amide bonds. The van der Waals surface area contributed by atoms with Crippen LogP contribution in [-0.2, 0) is 0 Å². The molecule has 0 radical (unpaired) electrons. The minimum Gasteiger partial charge on any atom is -0.344 e. The van der Waals surface area contributed by atoms with Crippen molar-refractivity contribution in [2.45, 2.75) is 95.5 Å². The van der Waals surface area contributed by atoms with E-state index >= 15 is 0 Å². The Kier molecular flexibility index (Phi) is 22.6. The largest absolute Gasteiger partial charge is 0.344 e. The van der Waals surface area contributed by atoms with Crippen LogP contribution in [0.1, 0.15) is 125 Å². The van der Waals surface area contributed by atoms with Crippen molar-refractivity contribution in [3.8, 4) is 0 Å². The van der Waals surface area contributed by atoms with E-state index in [9.17, 15) is 14.4 Å². The predicted molar refractivity (Wildman–Crippen MR) is 315 cm³/mol. The molecule has 0 saturated carbocycles. The number of benzene rings is 6. The number of nitrogens with one attached hydrogen (secondary N) is 3. The first-order valence-electron chi connectivity index (χ1n) is 25.9. The van der Waals surface area contributed by atoms with Crippen molar-refractivity contribution in [3.05, 3.63) is 208 Å². The highest BCUT2D eigenvalue weighted by molar-refractivity contribution is 6.45. The van der Waals surface area contributed by atoms with Crippen molar-refractivity contribution in [2.75, 3.05) is 39.3 Å². The predicted octanol–water partition coefficient (Wildman–Crippen LogP) is 15.5. The molecule has 3 unspecified atom stereocenters. The molecule has 3 aliphatic heterocycles. The van der Waals surface area contributed by atoms with Gasteiger partial charge in [-0.25, -0.2) is 0 Å². The van der Waals surface area contributed by atoms with Crippen LogP contribution < -0.4 is 16.0 Å². The first-order valence-corrected chi connectivity index (χ1v) is 28.5. The van der Waals surface area contributed by atoms with Crippen LogP contribution in [0.4, 0.5) is 0 Å². The number of carbonyl (C=O) groups excluding carboxylic acids is 3. The zero-order valence-electron chi connectivity index (χ0n) is 42.9. The number of hydrogen-bond acceptors (Lipinski definition) is 6. The molecule has 0 bridgehead atoms. The van der Waals surface area contributed by atoms with E-state index in [-0.39, 0.29) is 45.9 Å². The Bertz CT molecular complexity index is 2870. The maximum absolute atomic E-state index is 12.9. The Hall–Kier alpha value is -4.36. The van der Waals surface area contributed by atoms with Gasteiger partial charge in [-0.15, -0.1) is 0 Å². The van der Waals surface area contributed by atoms with Gasteiger partial charge in [0.05, 0.1) is 59.9 Å². The summed E-state index contributed by atoms with van der Waals surface area (Å²) in [6.07, 6.45) is 7.20. The van der Waals surface area contributed by atoms with Crippen molar-refractivity contribution in [1.29, 1.82) is 0 Å². The number of halogens is 7. The summed E-state index contributed by atoms with van der Waals surface area (Å²) in [5.41, 5.74) is 4.39. The highest BCUT2D eigenvalue weighted by Crippen LogP contribution is 2.32. The first-order chi connectivity index (χ1) is 36.6. The molecule has 6 aromatic rings. The minimum atomic E-state index is -0.278. The second kappa shape index (κ2) is 29.0. The summed E-state index contributed by atoms with van der Waals surface area (Å²) in [5, 5.41) is 11.8. The van der Waals surface area contributed by atoms with Gasteiger partial charge in [-0.3, -0.25) is 29.1 Å². The number of likely N-dealkylation sites (tertiary alicyclic amines) is 3. The van der Waals surface area contributed by atoms with Gasteiger partial charge >= 0.3 is 0 Å². The molecule has 0 aromatic heterocycles. The van der Waals surface area contributed by atoms with Crippen molar-refractivity contribution >= 4 is 98.9 Å². The molecule has 6 atom stereocenters. The molecule has 9 nitrogen and oxygen atoms in total. The second-order valence-electron chi connectivity index (χ2n) is 19.7. The second-order valence-corrected chi connectivity index (χ2v) is 22.6. The van der Waals surface area contributed by atoms with E-state index < -0.39 is 0 Å². The third-order valence-corrected chi connectivity index (χ3v) is 16.8. The molecule has 9 rings (SSSR count). The highest BCUT2D eigenvalue weighted by atomic mass is 35.5. The molecule has 3 aliphatic rings. The highest BCUT2D eigenvalue weighted by Gasteiger charge is 2.29. The van der Waals surface area contributed by atoms with Gasteiger partial charge in [0, 0.05) is 47.8 Å². The summed E-state index contributed by atoms with van der Waals surface area (Å²) in [7, 11) is 0. The third-order valence-electron chi connectivity index (χ3n) is 14.5. The summed E-state index contributed by atoms with van der Waals surface area (Å²) >= 11 is 42.7. The number of carbonyl (C=O) groups is 3. The van der Waals surface area contributed by atoms with Gasteiger partial charge in [0.25, 0.3) is 17.7 Å². The van der Waals surface area contributed by atoms with Gasteiger partial charge in [0.2, 0.25) is 0 Å². The fourth-order valence-electron chi connectivity index (χ4n) is 10.0. The molecule has 76 heavy (non-hydrogen) atoms. The molecule has 16 heteroatoms. The molecule has 3 heterocycles. The smallest absolute Gasteiger partial charge is 0.253 e. The zero-order chi connectivity index (χ0) is 54.3. The average Bonchev–Trinajstić information content (AvgIpc) is 4.15. The zero-order valence-corrected chi connectivity index (χ0v) is 48.2. The Balaban J connectivity index is 0.000000166. The maximum Gasteiger partial charge on any atom is 0.253 e. The number of nitrogens with zero attached hydrogens (tertiary/aromatic N) is 3. The van der Waals surface area contributed by atoms with Gasteiger partial charge in [0.1, 0.15) is 0 Å². The molecular weight excluding hydrogens is 1100 g/mol. The summed E-state index contributed by atoms with van der Waals surface area (Å²) in [5.74, 6) is -0.657. The Morgan fingerprint density at radius 1 is 0.421 bits per heavy atom. The van der Waals surface area contributed by atoms with E-state index in [2.05, 4.69) is 63.6 Å². The number of amides is 3. The quantitative estimate of drug-likeness (QED) is 0.0887. The minimum absolute atomic E-state index is 0.0824. The van der Waals surface area contributed by atoms with Crippen LogP contribution in [0.25, 0.3) is 0 Å². The standard InChI is InChI=1S/C20H21Cl3N2O.2C20H22Cl2N2O/c1-13-6-5-9-25(13)12-18(14-7-3-2-4-8-14)24-20(26)16-10-15(21)11-17(22)19(16)23;1-14-7-6-12-24(14)13-18(15-8-3-2-4-9-15)23-20(25)16-10-5-11-17(21)19(16)22;1-14-6-5-11-24(14)13-19(15-7-3-2-4-8-15)23-20(25)17-10-9-16(21)12-18(17)22/h2-4,7-8,10-11,13,18H,5-6,9,12H2,1H3,(H,24,26);2-5,8-11,14,18H,6-7,12-13H2,1H3,(H,23,25);2-4,7-10,12,14,19H,5-6,11,13H2,1H3,(H,23,25)/t13?,18-;14?,18-;14?,19-/m111/s1. The normalized spacial score (nSPS) is 18.8. The molecule has 0 spiro atoms. The van der Waals surface area contributed by atoms with Crippen molar-refractivity contribution in [1.82, 2.24) is 30.7 Å². The van der Waals surface area contributed by atoms with Gasteiger partial charge in [-0.05, 0) is 138 Å². The van der Waals surface area contributed by atoms with Crippen LogP contribution in [0.2, 0.25) is 35.2 Å². The maximum atomic E-state index is 12.9. The SMILES string of the molecule is CC1CCCN1C[C@@H](NC(=O)c1cc(Cl)cc(Cl)c1Cl)c1ccccc1.CC1CCCN1C[C@@H](NC(=O)c1ccc(Cl)cc1Cl)c1ccccc1.CC1CCCN1C[C@@H](NC(=O)c1cccc(Cl)c1Cl)c1ccccc1. The van der Waals surface area contributed by atoms with Crippen LogP contribution in [0.3, 0.4) is 0 Å². The van der Waals surface area contributed by atoms with Gasteiger partial charge in [-0.1, -0.05) is 178 Å². The van der Waals surface area contributed by atoms with E-state index in [0.717, 1.165) is 56.0 Å². The number of hydrogen-bond donors (Lipinski definition) is 3. The average molecular weight is 1170 g/mol. The van der Waals surface area contributed by atoms with Crippen LogP contribution in [0, 0.1) is 0 Å². The van der Waals surface area contributed by atoms with Crippen LogP contribution in [-0.4, -0.2) is 89.8 Å². The Morgan fingerprint density at radius 2 is 0.803 bits per heavy atom. The fraction of sp³-hybridized carbons (Fsp3) is 0.350. The van der Waals surface area contributed by atoms with Crippen LogP contribution in [0.15, 0.2) is 140 Å². The molecule has 402 valence electrons. The van der Waals surface area contributed by atoms with Crippen LogP contribution in [0.5, 0.6) is 0 Å². The van der Waals surface area contributed by atoms with Crippen molar-refractivity contribution in [3.63, 3.8) is 0 Å². The van der Waals surface area contributed by atoms with E-state index in [0.29, 0.717) is 59.9 Å². The summed E-state index contributed by atoms with van der Waals surface area (Å²) < 4.78 is 0. The monoisotopic (exact) mass is 1160 g/mol. The van der Waals surface area contributed by atoms with Crippen molar-refractivity contribution < 1.29 is 14.4 Å². The molecule has 3 N–H and O–H groups in total. The van der Waals surface area contributed by atoms with E-state index in [1.165, 1.54) is 44.6 Å². The molecule has 6 aromatic carbocycles. The van der Waals surface area contributed by atoms with Gasteiger partial charge in [-0.2, -0.15) is 0 Å². The molecule has 3 fully saturated rings. The Morgan fingerprint density at radius 3 is 1.20 bits per heavy atom. The molecule has 3 saturated heterocycles. The summed E-state index contributed by atoms with van der Waals surface area (Å²) in [4.78, 5) is 45.7. The van der Waals surface area contributed by atoms with E-state index in [4.69, 9.17) is 81.2 Å². The van der Waals surface area contributed by atoms with Crippen molar-refractivity contribution in [2.24, 2.45) is 0 Å². The Labute approximate surface area is 483 Å². The third kappa shape index (κ3) is 16.6. The molecular formula is C60H65Cl7N6O3.